The smallest absolute Gasteiger partial charge is 0.307 e. The SMILES string of the molecule is CC(=O)N1CCc2cc(C(=O)[C@H](C)OC(=O)CCNS(=O)(=O)c3cc(C)ccc3C)ccc21. The number of ether oxygens (including phenoxy) is 1. The van der Waals surface area contributed by atoms with Gasteiger partial charge in [-0.2, -0.15) is 0 Å². The molecule has 0 saturated carbocycles. The van der Waals surface area contributed by atoms with Crippen LogP contribution in [0.3, 0.4) is 0 Å². The highest BCUT2D eigenvalue weighted by molar-refractivity contribution is 7.89. The van der Waals surface area contributed by atoms with Gasteiger partial charge in [-0.15, -0.1) is 0 Å². The summed E-state index contributed by atoms with van der Waals surface area (Å²) >= 11 is 0. The molecule has 0 aromatic heterocycles. The van der Waals surface area contributed by atoms with Gasteiger partial charge >= 0.3 is 5.97 Å². The fraction of sp³-hybridized carbons (Fsp3) is 0.375. The van der Waals surface area contributed by atoms with E-state index in [9.17, 15) is 22.8 Å². The monoisotopic (exact) mass is 472 g/mol. The van der Waals surface area contributed by atoms with Crippen molar-refractivity contribution in [3.8, 4) is 0 Å². The molecule has 8 nitrogen and oxygen atoms in total. The van der Waals surface area contributed by atoms with Crippen LogP contribution in [0.1, 0.15) is 47.3 Å². The predicted octanol–water partition coefficient (Wildman–Crippen LogP) is 2.70. The molecule has 1 aliphatic heterocycles. The molecule has 1 amide bonds. The van der Waals surface area contributed by atoms with Gasteiger partial charge in [-0.3, -0.25) is 14.4 Å². The Morgan fingerprint density at radius 2 is 1.85 bits per heavy atom. The number of hydrogen-bond donors (Lipinski definition) is 1. The summed E-state index contributed by atoms with van der Waals surface area (Å²) in [5, 5.41) is 0. The number of Topliss-reactive ketones (excluding diaryl/α,β-unsaturated/α-hetero) is 1. The van der Waals surface area contributed by atoms with E-state index < -0.39 is 22.1 Å². The first kappa shape index (κ1) is 24.6. The number of sulfonamides is 1. The van der Waals surface area contributed by atoms with Gasteiger partial charge in [-0.05, 0) is 68.1 Å². The first-order valence-electron chi connectivity index (χ1n) is 10.7. The number of nitrogens with one attached hydrogen (secondary N) is 1. The molecule has 0 radical (unpaired) electrons. The van der Waals surface area contributed by atoms with E-state index in [1.165, 1.54) is 13.8 Å². The van der Waals surface area contributed by atoms with Crippen LogP contribution < -0.4 is 9.62 Å². The van der Waals surface area contributed by atoms with Gasteiger partial charge in [0.05, 0.1) is 11.3 Å². The van der Waals surface area contributed by atoms with Crippen molar-refractivity contribution >= 4 is 33.4 Å². The van der Waals surface area contributed by atoms with Gasteiger partial charge in [0.1, 0.15) is 0 Å². The zero-order valence-electron chi connectivity index (χ0n) is 19.2. The average molecular weight is 473 g/mol. The van der Waals surface area contributed by atoms with Gasteiger partial charge in [0, 0.05) is 31.3 Å². The second-order valence-electron chi connectivity index (χ2n) is 8.18. The maximum atomic E-state index is 12.7. The Balaban J connectivity index is 1.55. The van der Waals surface area contributed by atoms with Crippen molar-refractivity contribution in [1.82, 2.24) is 4.72 Å². The molecule has 0 bridgehead atoms. The number of esters is 1. The summed E-state index contributed by atoms with van der Waals surface area (Å²) in [7, 11) is -3.77. The summed E-state index contributed by atoms with van der Waals surface area (Å²) in [5.41, 5.74) is 3.51. The lowest BCUT2D eigenvalue weighted by molar-refractivity contribution is -0.146. The van der Waals surface area contributed by atoms with E-state index >= 15 is 0 Å². The third-order valence-corrected chi connectivity index (χ3v) is 7.17. The Morgan fingerprint density at radius 1 is 1.12 bits per heavy atom. The average Bonchev–Trinajstić information content (AvgIpc) is 3.18. The van der Waals surface area contributed by atoms with Crippen LogP contribution in [0.5, 0.6) is 0 Å². The third-order valence-electron chi connectivity index (χ3n) is 5.57. The lowest BCUT2D eigenvalue weighted by Crippen LogP contribution is -2.29. The van der Waals surface area contributed by atoms with Gasteiger partial charge < -0.3 is 9.64 Å². The summed E-state index contributed by atoms with van der Waals surface area (Å²) in [6.45, 7) is 6.91. The molecule has 1 heterocycles. The van der Waals surface area contributed by atoms with Gasteiger partial charge in [-0.25, -0.2) is 13.1 Å². The number of carbonyl (C=O) groups excluding carboxylic acids is 3. The number of rotatable bonds is 8. The predicted molar refractivity (Wildman–Crippen MR) is 124 cm³/mol. The van der Waals surface area contributed by atoms with Crippen LogP contribution in [0.15, 0.2) is 41.3 Å². The van der Waals surface area contributed by atoms with Crippen LogP contribution in [0.4, 0.5) is 5.69 Å². The standard InChI is InChI=1S/C24H28N2O6S/c1-15-5-6-16(2)22(13-15)33(30,31)25-11-9-23(28)32-17(3)24(29)20-7-8-21-19(14-20)10-12-26(21)18(4)27/h5-8,13-14,17,25H,9-12H2,1-4H3/t17-/m0/s1. The quantitative estimate of drug-likeness (QED) is 0.467. The molecule has 1 aliphatic rings. The highest BCUT2D eigenvalue weighted by atomic mass is 32.2. The van der Waals surface area contributed by atoms with Crippen LogP contribution in [-0.2, 0) is 30.8 Å². The Kier molecular flexibility index (Phi) is 7.34. The van der Waals surface area contributed by atoms with Gasteiger partial charge in [0.25, 0.3) is 0 Å². The number of anilines is 1. The summed E-state index contributed by atoms with van der Waals surface area (Å²) in [6, 6.07) is 10.2. The first-order valence-corrected chi connectivity index (χ1v) is 12.2. The Labute approximate surface area is 194 Å². The number of carbonyl (C=O) groups is 3. The second kappa shape index (κ2) is 9.84. The van der Waals surface area contributed by atoms with E-state index in [1.807, 2.05) is 6.07 Å². The molecule has 0 saturated heterocycles. The Bertz CT molecular complexity index is 1210. The van der Waals surface area contributed by atoms with E-state index in [-0.39, 0.29) is 29.6 Å². The molecule has 1 N–H and O–H groups in total. The largest absolute Gasteiger partial charge is 0.454 e. The molecular weight excluding hydrogens is 444 g/mol. The van der Waals surface area contributed by atoms with Crippen molar-refractivity contribution < 1.29 is 27.5 Å². The van der Waals surface area contributed by atoms with Crippen molar-refractivity contribution in [3.05, 3.63) is 58.7 Å². The van der Waals surface area contributed by atoms with Gasteiger partial charge in [0.15, 0.2) is 6.10 Å². The normalized spacial score (nSPS) is 14.0. The van der Waals surface area contributed by atoms with Gasteiger partial charge in [0.2, 0.25) is 21.7 Å². The van der Waals surface area contributed by atoms with Crippen molar-refractivity contribution in [2.45, 2.75) is 51.5 Å². The maximum Gasteiger partial charge on any atom is 0.307 e. The lowest BCUT2D eigenvalue weighted by atomic mass is 10.0. The van der Waals surface area contributed by atoms with Crippen molar-refractivity contribution in [2.24, 2.45) is 0 Å². The number of hydrogen-bond acceptors (Lipinski definition) is 6. The number of fused-ring (bicyclic) bond motifs is 1. The first-order chi connectivity index (χ1) is 15.5. The van der Waals surface area contributed by atoms with Crippen molar-refractivity contribution in [2.75, 3.05) is 18.0 Å². The number of nitrogens with zero attached hydrogens (tertiary/aromatic N) is 1. The molecular formula is C24H28N2O6S. The summed E-state index contributed by atoms with van der Waals surface area (Å²) in [5.74, 6) is -1.09. The summed E-state index contributed by atoms with van der Waals surface area (Å²) in [6.07, 6.45) is -0.568. The Hall–Kier alpha value is -3.04. The van der Waals surface area contributed by atoms with E-state index in [0.29, 0.717) is 24.1 Å². The zero-order valence-corrected chi connectivity index (χ0v) is 20.0. The fourth-order valence-corrected chi connectivity index (χ4v) is 5.15. The molecule has 0 fully saturated rings. The van der Waals surface area contributed by atoms with Crippen LogP contribution >= 0.6 is 0 Å². The highest BCUT2D eigenvalue weighted by Crippen LogP contribution is 2.29. The van der Waals surface area contributed by atoms with E-state index in [1.54, 1.807) is 49.1 Å². The minimum absolute atomic E-state index is 0.0525. The molecule has 176 valence electrons. The highest BCUT2D eigenvalue weighted by Gasteiger charge is 2.26. The number of amides is 1. The van der Waals surface area contributed by atoms with Crippen LogP contribution in [-0.4, -0.2) is 45.3 Å². The second-order valence-corrected chi connectivity index (χ2v) is 9.91. The number of ketones is 1. The fourth-order valence-electron chi connectivity index (χ4n) is 3.79. The van der Waals surface area contributed by atoms with E-state index in [4.69, 9.17) is 4.74 Å². The minimum Gasteiger partial charge on any atom is -0.454 e. The molecule has 9 heteroatoms. The number of aryl methyl sites for hydroxylation is 2. The van der Waals surface area contributed by atoms with Gasteiger partial charge in [-0.1, -0.05) is 12.1 Å². The zero-order chi connectivity index (χ0) is 24.3. The van der Waals surface area contributed by atoms with Crippen LogP contribution in [0.25, 0.3) is 0 Å². The third kappa shape index (κ3) is 5.66. The summed E-state index contributed by atoms with van der Waals surface area (Å²) < 4.78 is 32.7. The molecule has 33 heavy (non-hydrogen) atoms. The molecule has 3 rings (SSSR count). The topological polar surface area (TPSA) is 110 Å². The minimum atomic E-state index is -3.77. The molecule has 0 aliphatic carbocycles. The van der Waals surface area contributed by atoms with E-state index in [0.717, 1.165) is 16.8 Å². The van der Waals surface area contributed by atoms with Crippen LogP contribution in [0, 0.1) is 13.8 Å². The molecule has 0 unspecified atom stereocenters. The van der Waals surface area contributed by atoms with Crippen molar-refractivity contribution in [1.29, 1.82) is 0 Å². The van der Waals surface area contributed by atoms with Crippen molar-refractivity contribution in [3.63, 3.8) is 0 Å². The van der Waals surface area contributed by atoms with E-state index in [2.05, 4.69) is 4.72 Å². The number of benzene rings is 2. The summed E-state index contributed by atoms with van der Waals surface area (Å²) in [4.78, 5) is 38.4. The Morgan fingerprint density at radius 3 is 2.55 bits per heavy atom. The molecule has 2 aromatic rings. The molecule has 1 atom stereocenters. The van der Waals surface area contributed by atoms with Crippen LogP contribution in [0.2, 0.25) is 0 Å². The molecule has 2 aromatic carbocycles. The molecule has 0 spiro atoms. The lowest BCUT2D eigenvalue weighted by Gasteiger charge is -2.16. The maximum absolute atomic E-state index is 12.7.